The van der Waals surface area contributed by atoms with E-state index in [9.17, 15) is 5.26 Å². The Morgan fingerprint density at radius 1 is 1.30 bits per heavy atom. The molecule has 0 amide bonds. The van der Waals surface area contributed by atoms with E-state index in [2.05, 4.69) is 42.0 Å². The average Bonchev–Trinajstić information content (AvgIpc) is 3.03. The van der Waals surface area contributed by atoms with Crippen molar-refractivity contribution in [3.63, 3.8) is 0 Å². The van der Waals surface area contributed by atoms with Crippen LogP contribution in [0.2, 0.25) is 5.15 Å². The van der Waals surface area contributed by atoms with Gasteiger partial charge in [-0.1, -0.05) is 50.6 Å². The summed E-state index contributed by atoms with van der Waals surface area (Å²) in [7, 11) is 0. The van der Waals surface area contributed by atoms with Gasteiger partial charge in [0, 0.05) is 22.1 Å². The van der Waals surface area contributed by atoms with Gasteiger partial charge in [0.15, 0.2) is 0 Å². The van der Waals surface area contributed by atoms with Gasteiger partial charge in [0.1, 0.15) is 16.8 Å². The van der Waals surface area contributed by atoms with Crippen LogP contribution in [0.15, 0.2) is 41.8 Å². The second-order valence-corrected chi connectivity index (χ2v) is 7.91. The summed E-state index contributed by atoms with van der Waals surface area (Å²) in [6.45, 7) is 6.18. The van der Waals surface area contributed by atoms with Gasteiger partial charge in [0.25, 0.3) is 0 Å². The number of aromatic amines is 1. The summed E-state index contributed by atoms with van der Waals surface area (Å²) >= 11 is 6.55. The predicted molar refractivity (Wildman–Crippen MR) is 103 cm³/mol. The molecule has 0 radical (unpaired) electrons. The molecule has 4 rings (SSSR count). The first-order valence-corrected chi connectivity index (χ1v) is 8.90. The van der Waals surface area contributed by atoms with E-state index >= 15 is 0 Å². The Bertz CT molecular complexity index is 1130. The number of rotatable bonds is 1. The van der Waals surface area contributed by atoms with Gasteiger partial charge in [-0.05, 0) is 12.1 Å². The van der Waals surface area contributed by atoms with Gasteiger partial charge in [0.05, 0.1) is 17.0 Å². The number of pyridine rings is 1. The fourth-order valence-electron chi connectivity index (χ4n) is 3.44. The van der Waals surface area contributed by atoms with Crippen LogP contribution < -0.4 is 10.5 Å². The number of aromatic nitrogens is 3. The first-order chi connectivity index (χ1) is 12.8. The number of allylic oxidation sites excluding steroid dienone is 1. The van der Waals surface area contributed by atoms with E-state index in [4.69, 9.17) is 22.1 Å². The Labute approximate surface area is 161 Å². The third-order valence-corrected chi connectivity index (χ3v) is 5.01. The summed E-state index contributed by atoms with van der Waals surface area (Å²) < 4.78 is 5.62. The maximum Gasteiger partial charge on any atom is 0.244 e. The number of fused-ring (bicyclic) bond motifs is 2. The Balaban J connectivity index is 2.03. The van der Waals surface area contributed by atoms with Crippen molar-refractivity contribution in [2.75, 3.05) is 0 Å². The van der Waals surface area contributed by atoms with E-state index in [0.29, 0.717) is 22.2 Å². The minimum atomic E-state index is -0.503. The molecule has 0 bridgehead atoms. The SMILES string of the molecule is CC(C)(C)c1[nH]nc2c1[C@H](c1cc3ccccc3nc1Cl)C(C#N)=C(N)O2. The number of benzene rings is 1. The number of hydrogen-bond donors (Lipinski definition) is 2. The minimum absolute atomic E-state index is 0.0335. The maximum atomic E-state index is 9.79. The van der Waals surface area contributed by atoms with Gasteiger partial charge in [-0.15, -0.1) is 5.10 Å². The van der Waals surface area contributed by atoms with Gasteiger partial charge in [-0.25, -0.2) is 4.98 Å². The number of ether oxygens (including phenoxy) is 1. The molecule has 1 aliphatic heterocycles. The largest absolute Gasteiger partial charge is 0.420 e. The van der Waals surface area contributed by atoms with Gasteiger partial charge in [0.2, 0.25) is 11.8 Å². The summed E-state index contributed by atoms with van der Waals surface area (Å²) in [4.78, 5) is 4.51. The molecule has 27 heavy (non-hydrogen) atoms. The highest BCUT2D eigenvalue weighted by Crippen LogP contribution is 2.47. The van der Waals surface area contributed by atoms with Crippen LogP contribution in [-0.2, 0) is 5.41 Å². The molecule has 1 aromatic carbocycles. The number of halogens is 1. The van der Waals surface area contributed by atoms with Crippen molar-refractivity contribution < 1.29 is 4.74 Å². The molecular weight excluding hydrogens is 362 g/mol. The highest BCUT2D eigenvalue weighted by atomic mass is 35.5. The second-order valence-electron chi connectivity index (χ2n) is 7.55. The van der Waals surface area contributed by atoms with E-state index in [1.54, 1.807) is 0 Å². The molecule has 3 N–H and O–H groups in total. The third-order valence-electron chi connectivity index (χ3n) is 4.70. The third kappa shape index (κ3) is 2.71. The van der Waals surface area contributed by atoms with Crippen molar-refractivity contribution >= 4 is 22.5 Å². The van der Waals surface area contributed by atoms with Crippen LogP contribution in [0.25, 0.3) is 10.9 Å². The van der Waals surface area contributed by atoms with E-state index in [0.717, 1.165) is 22.2 Å². The van der Waals surface area contributed by atoms with Crippen LogP contribution in [0.1, 0.15) is 43.5 Å². The van der Waals surface area contributed by atoms with Gasteiger partial charge < -0.3 is 10.5 Å². The van der Waals surface area contributed by atoms with Crippen LogP contribution >= 0.6 is 11.6 Å². The zero-order chi connectivity index (χ0) is 19.3. The number of nitrogens with one attached hydrogen (secondary N) is 1. The molecule has 1 aliphatic rings. The van der Waals surface area contributed by atoms with Crippen LogP contribution in [0.5, 0.6) is 5.88 Å². The first kappa shape index (κ1) is 17.4. The molecule has 7 heteroatoms. The number of nitriles is 1. The zero-order valence-corrected chi connectivity index (χ0v) is 15.9. The number of nitrogens with two attached hydrogens (primary N) is 1. The van der Waals surface area contributed by atoms with Crippen molar-refractivity contribution in [2.24, 2.45) is 5.73 Å². The molecule has 0 aliphatic carbocycles. The monoisotopic (exact) mass is 379 g/mol. The molecule has 3 aromatic rings. The van der Waals surface area contributed by atoms with Crippen molar-refractivity contribution in [1.82, 2.24) is 15.2 Å². The fourth-order valence-corrected chi connectivity index (χ4v) is 3.69. The van der Waals surface area contributed by atoms with Crippen LogP contribution in [0, 0.1) is 11.3 Å². The van der Waals surface area contributed by atoms with Crippen molar-refractivity contribution in [2.45, 2.75) is 32.1 Å². The Hall–Kier alpha value is -3.04. The predicted octanol–water partition coefficient (Wildman–Crippen LogP) is 4.13. The summed E-state index contributed by atoms with van der Waals surface area (Å²) in [6, 6.07) is 11.8. The van der Waals surface area contributed by atoms with Crippen LogP contribution in [0.4, 0.5) is 0 Å². The maximum absolute atomic E-state index is 9.79. The number of para-hydroxylation sites is 1. The molecule has 0 saturated carbocycles. The topological polar surface area (TPSA) is 101 Å². The lowest BCUT2D eigenvalue weighted by Gasteiger charge is -2.27. The van der Waals surface area contributed by atoms with Gasteiger partial charge >= 0.3 is 0 Å². The summed E-state index contributed by atoms with van der Waals surface area (Å²) in [5.41, 5.74) is 9.21. The standard InChI is InChI=1S/C20H18ClN5O/c1-20(2,3)16-15-14(12(9-22)18(23)27-19(15)26-25-16)11-8-10-6-4-5-7-13(10)24-17(11)21/h4-8,14H,23H2,1-3H3,(H,25,26)/t14-/m1/s1. The second kappa shape index (κ2) is 6.00. The molecule has 0 spiro atoms. The highest BCUT2D eigenvalue weighted by Gasteiger charge is 2.39. The van der Waals surface area contributed by atoms with Crippen molar-refractivity contribution in [3.8, 4) is 11.9 Å². The molecule has 1 atom stereocenters. The lowest BCUT2D eigenvalue weighted by molar-refractivity contribution is 0.378. The zero-order valence-electron chi connectivity index (χ0n) is 15.2. The molecule has 2 aromatic heterocycles. The first-order valence-electron chi connectivity index (χ1n) is 8.52. The van der Waals surface area contributed by atoms with E-state index in [1.807, 2.05) is 30.3 Å². The Morgan fingerprint density at radius 2 is 2.04 bits per heavy atom. The summed E-state index contributed by atoms with van der Waals surface area (Å²) in [6.07, 6.45) is 0. The molecule has 3 heterocycles. The number of nitrogens with zero attached hydrogens (tertiary/aromatic N) is 3. The smallest absolute Gasteiger partial charge is 0.244 e. The van der Waals surface area contributed by atoms with Crippen LogP contribution in [-0.4, -0.2) is 15.2 Å². The minimum Gasteiger partial charge on any atom is -0.420 e. The molecule has 0 saturated heterocycles. The summed E-state index contributed by atoms with van der Waals surface area (Å²) in [5.74, 6) is -0.104. The normalized spacial score (nSPS) is 16.8. The van der Waals surface area contributed by atoms with Crippen molar-refractivity contribution in [3.05, 3.63) is 63.8 Å². The Kier molecular flexibility index (Phi) is 3.86. The number of hydrogen-bond acceptors (Lipinski definition) is 5. The van der Waals surface area contributed by atoms with Crippen LogP contribution in [0.3, 0.4) is 0 Å². The molecule has 0 unspecified atom stereocenters. The van der Waals surface area contributed by atoms with E-state index in [-0.39, 0.29) is 11.3 Å². The molecule has 136 valence electrons. The van der Waals surface area contributed by atoms with E-state index < -0.39 is 5.92 Å². The average molecular weight is 380 g/mol. The van der Waals surface area contributed by atoms with Gasteiger partial charge in [-0.2, -0.15) is 5.26 Å². The molecule has 6 nitrogen and oxygen atoms in total. The quantitative estimate of drug-likeness (QED) is 0.619. The fraction of sp³-hybridized carbons (Fsp3) is 0.250. The Morgan fingerprint density at radius 3 is 2.74 bits per heavy atom. The highest BCUT2D eigenvalue weighted by molar-refractivity contribution is 6.30. The van der Waals surface area contributed by atoms with Gasteiger partial charge in [-0.3, -0.25) is 5.10 Å². The van der Waals surface area contributed by atoms with E-state index in [1.165, 1.54) is 0 Å². The van der Waals surface area contributed by atoms with Crippen molar-refractivity contribution in [1.29, 1.82) is 5.26 Å². The lowest BCUT2D eigenvalue weighted by Crippen LogP contribution is -2.24. The molecular formula is C20H18ClN5O. The number of H-pyrrole nitrogens is 1. The molecule has 0 fully saturated rings. The summed E-state index contributed by atoms with van der Waals surface area (Å²) in [5, 5.41) is 18.4. The lowest BCUT2D eigenvalue weighted by atomic mass is 9.79.